The van der Waals surface area contributed by atoms with Gasteiger partial charge in [0.15, 0.2) is 0 Å². The summed E-state index contributed by atoms with van der Waals surface area (Å²) in [4.78, 5) is 0. The molecule has 0 aliphatic carbocycles. The first kappa shape index (κ1) is 23.9. The van der Waals surface area contributed by atoms with Gasteiger partial charge in [-0.1, -0.05) is 75.1 Å². The summed E-state index contributed by atoms with van der Waals surface area (Å²) >= 11 is 0. The Morgan fingerprint density at radius 3 is 2.09 bits per heavy atom. The van der Waals surface area contributed by atoms with E-state index in [0.717, 1.165) is 18.2 Å². The largest absolute Gasteiger partial charge is 0.497 e. The predicted molar refractivity (Wildman–Crippen MR) is 134 cm³/mol. The molecule has 4 rings (SSSR count). The number of rotatable bonds is 9. The second-order valence-corrected chi connectivity index (χ2v) is 8.69. The van der Waals surface area contributed by atoms with E-state index in [1.807, 2.05) is 18.2 Å². The molecule has 0 radical (unpaired) electrons. The van der Waals surface area contributed by atoms with E-state index in [-0.39, 0.29) is 16.7 Å². The van der Waals surface area contributed by atoms with Crippen LogP contribution in [-0.2, 0) is 6.42 Å². The van der Waals surface area contributed by atoms with Crippen LogP contribution in [0, 0.1) is 17.5 Å². The average molecular weight is 463 g/mol. The molecule has 4 aromatic rings. The van der Waals surface area contributed by atoms with Crippen molar-refractivity contribution in [2.75, 3.05) is 7.11 Å². The normalized spacial score (nSPS) is 11.2. The highest BCUT2D eigenvalue weighted by atomic mass is 19.1. The Hall–Kier alpha value is -3.27. The van der Waals surface area contributed by atoms with Crippen LogP contribution in [0.5, 0.6) is 5.75 Å². The Morgan fingerprint density at radius 1 is 0.706 bits per heavy atom. The molecule has 0 bridgehead atoms. The third-order valence-electron chi connectivity index (χ3n) is 6.32. The lowest BCUT2D eigenvalue weighted by Gasteiger charge is -2.12. The van der Waals surface area contributed by atoms with Gasteiger partial charge < -0.3 is 4.74 Å². The minimum atomic E-state index is -0.738. The van der Waals surface area contributed by atoms with Crippen LogP contribution in [0.2, 0.25) is 0 Å². The maximum Gasteiger partial charge on any atom is 0.138 e. The first-order chi connectivity index (χ1) is 16.5. The highest BCUT2D eigenvalue weighted by molar-refractivity contribution is 5.89. The SMILES string of the molecule is CCCCCCCc1ccc2c(F)c(-c3cc(F)c(-c4ccc(OC)cc4)c(F)c3)ccc2c1. The standard InChI is InChI=1S/C30H29F3O/c1-3-4-5-6-7-8-20-9-15-25-22(17-20)12-16-26(30(25)33)23-18-27(31)29(28(32)19-23)21-10-13-24(34-2)14-11-21/h9-19H,3-8H2,1-2H3. The van der Waals surface area contributed by atoms with Crippen LogP contribution in [0.3, 0.4) is 0 Å². The fourth-order valence-electron chi connectivity index (χ4n) is 4.41. The van der Waals surface area contributed by atoms with E-state index in [2.05, 4.69) is 6.92 Å². The molecule has 0 saturated carbocycles. The zero-order valence-corrected chi connectivity index (χ0v) is 19.6. The van der Waals surface area contributed by atoms with E-state index in [0.29, 0.717) is 16.7 Å². The van der Waals surface area contributed by atoms with Gasteiger partial charge in [0.05, 0.1) is 12.7 Å². The Balaban J connectivity index is 1.61. The molecule has 0 amide bonds. The van der Waals surface area contributed by atoms with Crippen molar-refractivity contribution in [3.8, 4) is 28.0 Å². The Labute approximate surface area is 199 Å². The van der Waals surface area contributed by atoms with E-state index in [4.69, 9.17) is 4.74 Å². The summed E-state index contributed by atoms with van der Waals surface area (Å²) in [6, 6.07) is 18.0. The van der Waals surface area contributed by atoms with Crippen molar-refractivity contribution in [3.63, 3.8) is 0 Å². The topological polar surface area (TPSA) is 9.23 Å². The Morgan fingerprint density at radius 2 is 1.41 bits per heavy atom. The van der Waals surface area contributed by atoms with Crippen LogP contribution >= 0.6 is 0 Å². The van der Waals surface area contributed by atoms with E-state index in [9.17, 15) is 8.78 Å². The van der Waals surface area contributed by atoms with Gasteiger partial charge in [-0.3, -0.25) is 0 Å². The molecule has 0 aliphatic heterocycles. The fraction of sp³-hybridized carbons (Fsp3) is 0.267. The predicted octanol–water partition coefficient (Wildman–Crippen LogP) is 9.11. The van der Waals surface area contributed by atoms with Crippen LogP contribution in [-0.4, -0.2) is 7.11 Å². The molecule has 0 spiro atoms. The molecule has 0 N–H and O–H groups in total. The van der Waals surface area contributed by atoms with Crippen molar-refractivity contribution in [1.82, 2.24) is 0 Å². The molecule has 34 heavy (non-hydrogen) atoms. The molecule has 0 heterocycles. The number of halogens is 3. The fourth-order valence-corrected chi connectivity index (χ4v) is 4.41. The molecule has 4 aromatic carbocycles. The molecular formula is C30H29F3O. The number of aryl methyl sites for hydroxylation is 1. The summed E-state index contributed by atoms with van der Waals surface area (Å²) in [7, 11) is 1.53. The third kappa shape index (κ3) is 5.11. The van der Waals surface area contributed by atoms with Gasteiger partial charge in [0, 0.05) is 10.9 Å². The second-order valence-electron chi connectivity index (χ2n) is 8.69. The van der Waals surface area contributed by atoms with Gasteiger partial charge in [0.2, 0.25) is 0 Å². The molecular weight excluding hydrogens is 433 g/mol. The van der Waals surface area contributed by atoms with Crippen molar-refractivity contribution < 1.29 is 17.9 Å². The summed E-state index contributed by atoms with van der Waals surface area (Å²) < 4.78 is 50.4. The van der Waals surface area contributed by atoms with Crippen molar-refractivity contribution >= 4 is 10.8 Å². The van der Waals surface area contributed by atoms with Crippen molar-refractivity contribution in [3.05, 3.63) is 89.7 Å². The Bertz CT molecular complexity index is 1260. The first-order valence-electron chi connectivity index (χ1n) is 11.9. The average Bonchev–Trinajstić information content (AvgIpc) is 2.84. The third-order valence-corrected chi connectivity index (χ3v) is 6.32. The second kappa shape index (κ2) is 10.8. The summed E-state index contributed by atoms with van der Waals surface area (Å²) in [5.74, 6) is -1.35. The van der Waals surface area contributed by atoms with Gasteiger partial charge in [-0.15, -0.1) is 0 Å². The number of benzene rings is 4. The lowest BCUT2D eigenvalue weighted by molar-refractivity contribution is 0.415. The molecule has 0 aliphatic rings. The number of methoxy groups -OCH3 is 1. The van der Waals surface area contributed by atoms with Crippen LogP contribution in [0.25, 0.3) is 33.0 Å². The van der Waals surface area contributed by atoms with Gasteiger partial charge in [0.1, 0.15) is 23.2 Å². The number of fused-ring (bicyclic) bond motifs is 1. The van der Waals surface area contributed by atoms with Gasteiger partial charge in [-0.05, 0) is 59.2 Å². The van der Waals surface area contributed by atoms with Gasteiger partial charge >= 0.3 is 0 Å². The van der Waals surface area contributed by atoms with Crippen molar-refractivity contribution in [2.45, 2.75) is 45.4 Å². The smallest absolute Gasteiger partial charge is 0.138 e. The molecule has 176 valence electrons. The van der Waals surface area contributed by atoms with Gasteiger partial charge in [-0.25, -0.2) is 13.2 Å². The lowest BCUT2D eigenvalue weighted by Crippen LogP contribution is -1.95. The summed E-state index contributed by atoms with van der Waals surface area (Å²) in [5, 5.41) is 1.25. The van der Waals surface area contributed by atoms with E-state index in [1.54, 1.807) is 36.4 Å². The zero-order chi connectivity index (χ0) is 24.1. The quantitative estimate of drug-likeness (QED) is 0.225. The zero-order valence-electron chi connectivity index (χ0n) is 19.6. The van der Waals surface area contributed by atoms with Crippen LogP contribution < -0.4 is 4.74 Å². The number of hydrogen-bond donors (Lipinski definition) is 0. The molecule has 0 atom stereocenters. The maximum atomic E-state index is 15.4. The lowest BCUT2D eigenvalue weighted by atomic mass is 9.95. The Kier molecular flexibility index (Phi) is 7.56. The first-order valence-corrected chi connectivity index (χ1v) is 11.9. The highest BCUT2D eigenvalue weighted by Crippen LogP contribution is 2.35. The highest BCUT2D eigenvalue weighted by Gasteiger charge is 2.17. The van der Waals surface area contributed by atoms with Crippen LogP contribution in [0.1, 0.15) is 44.6 Å². The van der Waals surface area contributed by atoms with E-state index in [1.165, 1.54) is 50.5 Å². The minimum absolute atomic E-state index is 0.142. The van der Waals surface area contributed by atoms with Gasteiger partial charge in [-0.2, -0.15) is 0 Å². The van der Waals surface area contributed by atoms with Crippen molar-refractivity contribution in [2.24, 2.45) is 0 Å². The molecule has 0 saturated heterocycles. The monoisotopic (exact) mass is 462 g/mol. The summed E-state index contributed by atoms with van der Waals surface area (Å²) in [5.41, 5.74) is 1.78. The molecule has 0 aromatic heterocycles. The summed E-state index contributed by atoms with van der Waals surface area (Å²) in [6.07, 6.45) is 7.00. The van der Waals surface area contributed by atoms with Crippen molar-refractivity contribution in [1.29, 1.82) is 0 Å². The van der Waals surface area contributed by atoms with Gasteiger partial charge in [0.25, 0.3) is 0 Å². The summed E-state index contributed by atoms with van der Waals surface area (Å²) in [6.45, 7) is 2.20. The molecule has 0 fully saturated rings. The van der Waals surface area contributed by atoms with E-state index >= 15 is 4.39 Å². The number of hydrogen-bond acceptors (Lipinski definition) is 1. The number of unbranched alkanes of at least 4 members (excludes halogenated alkanes) is 4. The van der Waals surface area contributed by atoms with Crippen LogP contribution in [0.4, 0.5) is 13.2 Å². The minimum Gasteiger partial charge on any atom is -0.497 e. The number of ether oxygens (including phenoxy) is 1. The molecule has 4 heteroatoms. The molecule has 0 unspecified atom stereocenters. The molecule has 1 nitrogen and oxygen atoms in total. The maximum absolute atomic E-state index is 15.4. The van der Waals surface area contributed by atoms with E-state index < -0.39 is 17.5 Å². The van der Waals surface area contributed by atoms with Crippen LogP contribution in [0.15, 0.2) is 66.7 Å².